The molecule has 0 aliphatic carbocycles. The largest absolute Gasteiger partial charge is 0.480 e. The highest BCUT2D eigenvalue weighted by Crippen LogP contribution is 2.10. The van der Waals surface area contributed by atoms with Crippen molar-refractivity contribution in [2.24, 2.45) is 45.7 Å². The van der Waals surface area contributed by atoms with Gasteiger partial charge in [-0.3, -0.25) is 57.7 Å². The molecule has 0 saturated carbocycles. The summed E-state index contributed by atoms with van der Waals surface area (Å²) >= 11 is 8.33. The number of amides is 11. The Bertz CT molecular complexity index is 2080. The second-order valence-corrected chi connectivity index (χ2v) is 20.4. The van der Waals surface area contributed by atoms with Crippen LogP contribution in [0.2, 0.25) is 0 Å². The predicted octanol–water partition coefficient (Wildman–Crippen LogP) is -6.57. The standard InChI is InChI=1S/C47H86N16O14S2/c1-23(2)15-29(58-38(68)26(7)49)41(71)61-32(21-78)39(69)54-19-36(67)56-27(12-10-14-52-47(50)51)40(70)60-31(20-64)43(73)62-33(22-79)44(74)59-30(16-24(3)4)42(72)63-37(25(5)6)45(75)55-17-34(65)53-18-35(66)57-28(46(76)77)11-8-9-13-48/h23-33,37,64,78-79H,8-22,48-49H2,1-7H3,(H,53,65)(H,54,69)(H,55,75)(H,56,67)(H,57,66)(H,58,68)(H,59,74)(H,60,70)(H,61,71)(H,62,73)(H,63,72)(H,76,77)(H4,50,51,52)/t26-,27-,28-,29-,30-,31-,32-,33-,37-/m0/s1. The normalized spacial score (nSPS) is 14.5. The summed E-state index contributed by atoms with van der Waals surface area (Å²) in [6.07, 6.45) is 1.36. The van der Waals surface area contributed by atoms with E-state index in [2.05, 4.69) is 88.7 Å². The van der Waals surface area contributed by atoms with Gasteiger partial charge in [0.2, 0.25) is 65.0 Å². The van der Waals surface area contributed by atoms with Gasteiger partial charge in [-0.25, -0.2) is 4.79 Å². The first-order chi connectivity index (χ1) is 37.0. The fraction of sp³-hybridized carbons (Fsp3) is 0.723. The van der Waals surface area contributed by atoms with Crippen molar-refractivity contribution < 1.29 is 67.7 Å². The Kier molecular flexibility index (Phi) is 35.7. The van der Waals surface area contributed by atoms with E-state index < -0.39 is 157 Å². The van der Waals surface area contributed by atoms with Gasteiger partial charge in [-0.15, -0.1) is 0 Å². The van der Waals surface area contributed by atoms with Crippen LogP contribution >= 0.6 is 25.3 Å². The van der Waals surface area contributed by atoms with Crippen molar-refractivity contribution in [3.05, 3.63) is 0 Å². The molecule has 21 N–H and O–H groups in total. The van der Waals surface area contributed by atoms with E-state index in [1.54, 1.807) is 27.7 Å². The highest BCUT2D eigenvalue weighted by Gasteiger charge is 2.34. The number of aliphatic hydroxyl groups is 1. The Labute approximate surface area is 471 Å². The third-order valence-corrected chi connectivity index (χ3v) is 12.0. The summed E-state index contributed by atoms with van der Waals surface area (Å²) in [6.45, 7) is 9.22. The van der Waals surface area contributed by atoms with E-state index in [-0.39, 0.29) is 67.9 Å². The van der Waals surface area contributed by atoms with Crippen LogP contribution in [-0.4, -0.2) is 192 Å². The molecule has 0 aromatic rings. The molecule has 0 spiro atoms. The quantitative estimate of drug-likeness (QED) is 0.0118. The van der Waals surface area contributed by atoms with E-state index in [1.165, 1.54) is 6.92 Å². The Hall–Kier alpha value is -6.51. The third kappa shape index (κ3) is 30.4. The van der Waals surface area contributed by atoms with E-state index in [9.17, 15) is 67.7 Å². The summed E-state index contributed by atoms with van der Waals surface area (Å²) in [4.78, 5) is 160. The van der Waals surface area contributed by atoms with E-state index in [1.807, 2.05) is 13.8 Å². The monoisotopic (exact) mass is 1160 g/mol. The van der Waals surface area contributed by atoms with Crippen LogP contribution < -0.4 is 81.4 Å². The second-order valence-electron chi connectivity index (χ2n) is 19.7. The van der Waals surface area contributed by atoms with Crippen molar-refractivity contribution in [1.29, 1.82) is 0 Å². The summed E-state index contributed by atoms with van der Waals surface area (Å²) < 4.78 is 0. The summed E-state index contributed by atoms with van der Waals surface area (Å²) in [6, 6.07) is -11.6. The lowest BCUT2D eigenvalue weighted by atomic mass is 9.99. The fourth-order valence-corrected chi connectivity index (χ4v) is 7.51. The van der Waals surface area contributed by atoms with Crippen LogP contribution in [0.25, 0.3) is 0 Å². The van der Waals surface area contributed by atoms with Gasteiger partial charge in [-0.1, -0.05) is 41.5 Å². The van der Waals surface area contributed by atoms with E-state index in [0.29, 0.717) is 19.4 Å². The van der Waals surface area contributed by atoms with Crippen LogP contribution in [-0.2, 0) is 57.5 Å². The number of carbonyl (C=O) groups excluding carboxylic acids is 11. The molecule has 0 bridgehead atoms. The molecular weight excluding hydrogens is 1080 g/mol. The lowest BCUT2D eigenvalue weighted by Gasteiger charge is -2.28. The van der Waals surface area contributed by atoms with Gasteiger partial charge >= 0.3 is 5.97 Å². The number of hydrogen-bond donors (Lipinski definition) is 19. The highest BCUT2D eigenvalue weighted by molar-refractivity contribution is 7.80. The molecule has 9 atom stereocenters. The number of aliphatic carboxylic acids is 1. The number of nitrogens with two attached hydrogens (primary N) is 4. The van der Waals surface area contributed by atoms with Crippen molar-refractivity contribution in [1.82, 2.24) is 58.5 Å². The fourth-order valence-electron chi connectivity index (χ4n) is 6.99. The van der Waals surface area contributed by atoms with Crippen LogP contribution in [0.15, 0.2) is 4.99 Å². The van der Waals surface area contributed by atoms with Crippen LogP contribution in [0.3, 0.4) is 0 Å². The number of thiol groups is 2. The molecule has 32 heteroatoms. The minimum absolute atomic E-state index is 0.00666. The maximum atomic E-state index is 13.7. The lowest BCUT2D eigenvalue weighted by Crippen LogP contribution is -2.61. The Morgan fingerprint density at radius 1 is 0.481 bits per heavy atom. The molecule has 0 heterocycles. The Morgan fingerprint density at radius 2 is 0.899 bits per heavy atom. The molecule has 0 aliphatic heterocycles. The van der Waals surface area contributed by atoms with Crippen LogP contribution in [0, 0.1) is 17.8 Å². The molecule has 0 saturated heterocycles. The summed E-state index contributed by atoms with van der Waals surface area (Å²) in [5, 5.41) is 46.2. The number of guanidine groups is 1. The van der Waals surface area contributed by atoms with Crippen LogP contribution in [0.1, 0.15) is 93.4 Å². The topological polar surface area (TPSA) is 494 Å². The van der Waals surface area contributed by atoms with Gasteiger partial charge in [0.05, 0.1) is 32.3 Å². The SMILES string of the molecule is CC(C)C[C@H](NC(=O)[C@H](C)N)C(=O)N[C@@H](CS)C(=O)NCC(=O)N[C@@H](CCCN=C(N)N)C(=O)N[C@@H](CO)C(=O)N[C@@H](CS)C(=O)N[C@@H](CC(C)C)C(=O)N[C@H](C(=O)NCC(=O)NCC(=O)N[C@@H](CCCCN)C(=O)O)C(C)C. The molecule has 0 rings (SSSR count). The molecule has 0 unspecified atom stereocenters. The zero-order chi connectivity index (χ0) is 60.5. The minimum atomic E-state index is -1.73. The predicted molar refractivity (Wildman–Crippen MR) is 297 cm³/mol. The zero-order valence-corrected chi connectivity index (χ0v) is 47.8. The minimum Gasteiger partial charge on any atom is -0.480 e. The van der Waals surface area contributed by atoms with Crippen molar-refractivity contribution in [3.63, 3.8) is 0 Å². The second kappa shape index (κ2) is 39.0. The average Bonchev–Trinajstić information content (AvgIpc) is 3.37. The van der Waals surface area contributed by atoms with Gasteiger partial charge < -0.3 is 91.6 Å². The maximum absolute atomic E-state index is 13.7. The molecule has 0 aromatic carbocycles. The molecule has 30 nitrogen and oxygen atoms in total. The molecule has 0 radical (unpaired) electrons. The number of carboxylic acid groups (broad SMARTS) is 1. The molecule has 79 heavy (non-hydrogen) atoms. The van der Waals surface area contributed by atoms with E-state index in [0.717, 1.165) is 0 Å². The smallest absolute Gasteiger partial charge is 0.326 e. The van der Waals surface area contributed by atoms with Crippen molar-refractivity contribution in [2.75, 3.05) is 50.8 Å². The van der Waals surface area contributed by atoms with E-state index in [4.69, 9.17) is 22.9 Å². The number of aliphatic imine (C=N–C) groups is 1. The number of aliphatic hydroxyl groups excluding tert-OH is 1. The lowest BCUT2D eigenvalue weighted by molar-refractivity contribution is -0.142. The average molecular weight is 1160 g/mol. The van der Waals surface area contributed by atoms with Crippen LogP contribution in [0.4, 0.5) is 0 Å². The number of nitrogens with one attached hydrogen (secondary N) is 11. The third-order valence-electron chi connectivity index (χ3n) is 11.3. The number of carboxylic acids is 1. The Balaban J connectivity index is 5.93. The summed E-state index contributed by atoms with van der Waals surface area (Å²) in [7, 11) is 0. The Morgan fingerprint density at radius 3 is 1.38 bits per heavy atom. The van der Waals surface area contributed by atoms with Gasteiger partial charge in [0, 0.05) is 18.1 Å². The maximum Gasteiger partial charge on any atom is 0.326 e. The van der Waals surface area contributed by atoms with Gasteiger partial charge in [0.15, 0.2) is 5.96 Å². The van der Waals surface area contributed by atoms with Gasteiger partial charge in [0.25, 0.3) is 0 Å². The van der Waals surface area contributed by atoms with Gasteiger partial charge in [0.1, 0.15) is 48.3 Å². The number of unbranched alkanes of at least 4 members (excludes halogenated alkanes) is 1. The van der Waals surface area contributed by atoms with E-state index >= 15 is 0 Å². The number of nitrogens with zero attached hydrogens (tertiary/aromatic N) is 1. The molecule has 0 aliphatic rings. The summed E-state index contributed by atoms with van der Waals surface area (Å²) in [5.41, 5.74) is 21.9. The molecule has 450 valence electrons. The molecular formula is C47H86N16O14S2. The van der Waals surface area contributed by atoms with Crippen LogP contribution in [0.5, 0.6) is 0 Å². The summed E-state index contributed by atoms with van der Waals surface area (Å²) in [5.74, 6) is -12.1. The number of hydrogen-bond acceptors (Lipinski definition) is 18. The first-order valence-corrected chi connectivity index (χ1v) is 27.1. The molecule has 0 aromatic heterocycles. The first kappa shape index (κ1) is 72.5. The van der Waals surface area contributed by atoms with Gasteiger partial charge in [-0.05, 0) is 76.2 Å². The van der Waals surface area contributed by atoms with Gasteiger partial charge in [-0.2, -0.15) is 25.3 Å². The number of rotatable bonds is 39. The molecule has 11 amide bonds. The van der Waals surface area contributed by atoms with Crippen molar-refractivity contribution >= 4 is 102 Å². The van der Waals surface area contributed by atoms with Crippen molar-refractivity contribution in [2.45, 2.75) is 148 Å². The number of carbonyl (C=O) groups is 12. The zero-order valence-electron chi connectivity index (χ0n) is 46.0. The first-order valence-electron chi connectivity index (χ1n) is 25.8. The highest BCUT2D eigenvalue weighted by atomic mass is 32.1. The molecule has 0 fully saturated rings. The van der Waals surface area contributed by atoms with Crippen molar-refractivity contribution in [3.8, 4) is 0 Å².